The summed E-state index contributed by atoms with van der Waals surface area (Å²) < 4.78 is 2.91. The number of nitrogens with zero attached hydrogens (tertiary/aromatic N) is 3. The largest absolute Gasteiger partial charge is 0.327 e. The van der Waals surface area contributed by atoms with Gasteiger partial charge in [0.25, 0.3) is 0 Å². The fourth-order valence-electron chi connectivity index (χ4n) is 2.38. The van der Waals surface area contributed by atoms with Crippen molar-refractivity contribution in [3.63, 3.8) is 0 Å². The highest BCUT2D eigenvalue weighted by atomic mass is 79.9. The molecule has 1 aromatic heterocycles. The van der Waals surface area contributed by atoms with Gasteiger partial charge in [0, 0.05) is 10.5 Å². The lowest BCUT2D eigenvalue weighted by Crippen LogP contribution is -2.22. The topological polar surface area (TPSA) is 56.7 Å². The summed E-state index contributed by atoms with van der Waals surface area (Å²) in [6.45, 7) is 2.11. The van der Waals surface area contributed by atoms with Crippen molar-refractivity contribution < 1.29 is 0 Å². The van der Waals surface area contributed by atoms with E-state index in [2.05, 4.69) is 45.3 Å². The molecule has 0 amide bonds. The van der Waals surface area contributed by atoms with Crippen molar-refractivity contribution in [1.82, 2.24) is 15.0 Å². The number of aromatic nitrogens is 3. The van der Waals surface area contributed by atoms with Crippen LogP contribution in [0, 0.1) is 0 Å². The van der Waals surface area contributed by atoms with Crippen molar-refractivity contribution in [2.24, 2.45) is 5.73 Å². The van der Waals surface area contributed by atoms with Crippen LogP contribution < -0.4 is 5.73 Å². The van der Waals surface area contributed by atoms with E-state index in [1.54, 1.807) is 0 Å². The lowest BCUT2D eigenvalue weighted by Gasteiger charge is -2.14. The number of hydrogen-bond donors (Lipinski definition) is 1. The Kier molecular flexibility index (Phi) is 4.03. The smallest absolute Gasteiger partial charge is 0.113 e. The fourth-order valence-corrected chi connectivity index (χ4v) is 2.73. The second kappa shape index (κ2) is 5.95. The maximum absolute atomic E-state index is 6.12. The Morgan fingerprint density at radius 1 is 1.24 bits per heavy atom. The summed E-state index contributed by atoms with van der Waals surface area (Å²) >= 11 is 3.54. The van der Waals surface area contributed by atoms with Crippen LogP contribution in [-0.4, -0.2) is 21.0 Å². The Balaban J connectivity index is 2.14. The van der Waals surface area contributed by atoms with Gasteiger partial charge in [-0.3, -0.25) is 0 Å². The Morgan fingerprint density at radius 3 is 2.86 bits per heavy atom. The van der Waals surface area contributed by atoms with E-state index in [0.717, 1.165) is 34.0 Å². The SMILES string of the molecule is CCC(N)Cc1ccc(Br)cc1-n1nnc2ccccc21. The normalized spacial score (nSPS) is 12.7. The molecule has 3 rings (SSSR count). The van der Waals surface area contributed by atoms with Crippen molar-refractivity contribution in [3.05, 3.63) is 52.5 Å². The van der Waals surface area contributed by atoms with E-state index in [4.69, 9.17) is 5.73 Å². The molecule has 1 atom stereocenters. The Morgan fingerprint density at radius 2 is 2.05 bits per heavy atom. The first-order valence-electron chi connectivity index (χ1n) is 7.04. The third kappa shape index (κ3) is 2.84. The van der Waals surface area contributed by atoms with Crippen molar-refractivity contribution in [1.29, 1.82) is 0 Å². The summed E-state index contributed by atoms with van der Waals surface area (Å²) in [5, 5.41) is 8.54. The fraction of sp³-hybridized carbons (Fsp3) is 0.250. The summed E-state index contributed by atoms with van der Waals surface area (Å²) in [7, 11) is 0. The molecule has 0 radical (unpaired) electrons. The molecular formula is C16H17BrN4. The van der Waals surface area contributed by atoms with Crippen LogP contribution in [0.15, 0.2) is 46.9 Å². The predicted molar refractivity (Wildman–Crippen MR) is 88.5 cm³/mol. The number of para-hydroxylation sites is 1. The van der Waals surface area contributed by atoms with Crippen molar-refractivity contribution in [2.75, 3.05) is 0 Å². The standard InChI is InChI=1S/C16H17BrN4/c1-2-13(18)9-11-7-8-12(17)10-16(11)21-15-6-4-3-5-14(15)19-20-21/h3-8,10,13H,2,9,18H2,1H3. The van der Waals surface area contributed by atoms with Crippen LogP contribution in [0.2, 0.25) is 0 Å². The molecule has 108 valence electrons. The highest BCUT2D eigenvalue weighted by Gasteiger charge is 2.13. The second-order valence-corrected chi connectivity index (χ2v) is 6.05. The van der Waals surface area contributed by atoms with Crippen LogP contribution in [0.25, 0.3) is 16.7 Å². The summed E-state index contributed by atoms with van der Waals surface area (Å²) in [5.41, 5.74) is 10.2. The number of halogens is 1. The molecule has 0 bridgehead atoms. The molecule has 21 heavy (non-hydrogen) atoms. The molecule has 3 aromatic rings. The van der Waals surface area contributed by atoms with Crippen LogP contribution in [0.1, 0.15) is 18.9 Å². The van der Waals surface area contributed by atoms with E-state index in [9.17, 15) is 0 Å². The van der Waals surface area contributed by atoms with Crippen molar-refractivity contribution >= 4 is 27.0 Å². The van der Waals surface area contributed by atoms with E-state index in [0.29, 0.717) is 0 Å². The number of fused-ring (bicyclic) bond motifs is 1. The maximum Gasteiger partial charge on any atom is 0.113 e. The summed E-state index contributed by atoms with van der Waals surface area (Å²) in [6.07, 6.45) is 1.78. The Bertz CT molecular complexity index is 766. The third-order valence-electron chi connectivity index (χ3n) is 3.63. The van der Waals surface area contributed by atoms with Gasteiger partial charge in [-0.05, 0) is 42.7 Å². The maximum atomic E-state index is 6.12. The monoisotopic (exact) mass is 344 g/mol. The molecule has 0 saturated heterocycles. The predicted octanol–water partition coefficient (Wildman–Crippen LogP) is 3.46. The van der Waals surface area contributed by atoms with E-state index in [-0.39, 0.29) is 6.04 Å². The Labute approximate surface area is 132 Å². The lowest BCUT2D eigenvalue weighted by molar-refractivity contribution is 0.642. The number of benzene rings is 2. The molecule has 0 spiro atoms. The van der Waals surface area contributed by atoms with Gasteiger partial charge in [0.05, 0.1) is 11.2 Å². The van der Waals surface area contributed by atoms with E-state index >= 15 is 0 Å². The molecule has 1 unspecified atom stereocenters. The van der Waals surface area contributed by atoms with E-state index < -0.39 is 0 Å². The molecule has 0 aliphatic rings. The first-order chi connectivity index (χ1) is 10.2. The quantitative estimate of drug-likeness (QED) is 0.788. The molecular weight excluding hydrogens is 328 g/mol. The average molecular weight is 345 g/mol. The molecule has 2 aromatic carbocycles. The number of nitrogens with two attached hydrogens (primary N) is 1. The van der Waals surface area contributed by atoms with Crippen LogP contribution in [0.5, 0.6) is 0 Å². The second-order valence-electron chi connectivity index (χ2n) is 5.14. The summed E-state index contributed by atoms with van der Waals surface area (Å²) in [4.78, 5) is 0. The molecule has 0 aliphatic carbocycles. The van der Waals surface area contributed by atoms with Crippen LogP contribution in [0.3, 0.4) is 0 Å². The van der Waals surface area contributed by atoms with Crippen molar-refractivity contribution in [2.45, 2.75) is 25.8 Å². The van der Waals surface area contributed by atoms with Gasteiger partial charge in [-0.15, -0.1) is 5.10 Å². The van der Waals surface area contributed by atoms with Gasteiger partial charge >= 0.3 is 0 Å². The number of rotatable bonds is 4. The van der Waals surface area contributed by atoms with Crippen molar-refractivity contribution in [3.8, 4) is 5.69 Å². The molecule has 0 fully saturated rings. The van der Waals surface area contributed by atoms with Gasteiger partial charge in [-0.1, -0.05) is 46.3 Å². The molecule has 0 aliphatic heterocycles. The average Bonchev–Trinajstić information content (AvgIpc) is 2.92. The minimum atomic E-state index is 0.153. The van der Waals surface area contributed by atoms with Gasteiger partial charge in [0.2, 0.25) is 0 Å². The van der Waals surface area contributed by atoms with Gasteiger partial charge < -0.3 is 5.73 Å². The lowest BCUT2D eigenvalue weighted by atomic mass is 10.0. The first-order valence-corrected chi connectivity index (χ1v) is 7.83. The summed E-state index contributed by atoms with van der Waals surface area (Å²) in [6, 6.07) is 14.3. The molecule has 1 heterocycles. The van der Waals surface area contributed by atoms with Crippen LogP contribution in [0.4, 0.5) is 0 Å². The van der Waals surface area contributed by atoms with Gasteiger partial charge in [-0.2, -0.15) is 0 Å². The zero-order valence-corrected chi connectivity index (χ0v) is 13.4. The van der Waals surface area contributed by atoms with Crippen LogP contribution >= 0.6 is 15.9 Å². The van der Waals surface area contributed by atoms with E-state index in [1.807, 2.05) is 35.0 Å². The van der Waals surface area contributed by atoms with Gasteiger partial charge in [-0.25, -0.2) is 4.68 Å². The molecule has 4 nitrogen and oxygen atoms in total. The highest BCUT2D eigenvalue weighted by molar-refractivity contribution is 9.10. The number of hydrogen-bond acceptors (Lipinski definition) is 3. The zero-order valence-electron chi connectivity index (χ0n) is 11.8. The minimum absolute atomic E-state index is 0.153. The molecule has 2 N–H and O–H groups in total. The van der Waals surface area contributed by atoms with Gasteiger partial charge in [0.1, 0.15) is 5.52 Å². The summed E-state index contributed by atoms with van der Waals surface area (Å²) in [5.74, 6) is 0. The zero-order chi connectivity index (χ0) is 14.8. The van der Waals surface area contributed by atoms with Crippen LogP contribution in [-0.2, 0) is 6.42 Å². The minimum Gasteiger partial charge on any atom is -0.327 e. The third-order valence-corrected chi connectivity index (χ3v) is 4.13. The molecule has 0 saturated carbocycles. The van der Waals surface area contributed by atoms with E-state index in [1.165, 1.54) is 5.56 Å². The molecule has 5 heteroatoms. The Hall–Kier alpha value is -1.72. The van der Waals surface area contributed by atoms with Gasteiger partial charge in [0.15, 0.2) is 0 Å². The first kappa shape index (κ1) is 14.2. The highest BCUT2D eigenvalue weighted by Crippen LogP contribution is 2.24.